The lowest BCUT2D eigenvalue weighted by atomic mass is 9.93. The molecule has 0 saturated heterocycles. The number of ether oxygens (including phenoxy) is 1. The van der Waals surface area contributed by atoms with Gasteiger partial charge < -0.3 is 9.72 Å². The van der Waals surface area contributed by atoms with Crippen molar-refractivity contribution < 1.29 is 4.74 Å². The molecule has 1 N–H and O–H groups in total. The highest BCUT2D eigenvalue weighted by atomic mass is 32.1. The van der Waals surface area contributed by atoms with Gasteiger partial charge in [-0.1, -0.05) is 42.5 Å². The molecule has 2 heterocycles. The number of nitrogens with zero attached hydrogens (tertiary/aromatic N) is 1. The van der Waals surface area contributed by atoms with E-state index >= 15 is 0 Å². The molecule has 94 valence electrons. The first kappa shape index (κ1) is 12.1. The van der Waals surface area contributed by atoms with E-state index in [2.05, 4.69) is 11.1 Å². The standard InChI is InChI=1S/C15H12N2OS/c16-8-11-14(10-4-2-1-3-5-10)12-9-18-7-6-13(12)17-15(11)19/h1-5H,6-7,9H2,(H,17,19). The van der Waals surface area contributed by atoms with Crippen LogP contribution in [0, 0.1) is 16.0 Å². The number of hydrogen-bond donors (Lipinski definition) is 1. The van der Waals surface area contributed by atoms with Gasteiger partial charge in [0.25, 0.3) is 0 Å². The predicted octanol–water partition coefficient (Wildman–Crippen LogP) is 3.36. The van der Waals surface area contributed by atoms with Crippen LogP contribution in [-0.2, 0) is 17.8 Å². The molecule has 0 saturated carbocycles. The van der Waals surface area contributed by atoms with Crippen LogP contribution in [0.2, 0.25) is 0 Å². The van der Waals surface area contributed by atoms with Crippen molar-refractivity contribution in [3.8, 4) is 17.2 Å². The number of hydrogen-bond acceptors (Lipinski definition) is 3. The van der Waals surface area contributed by atoms with E-state index in [1.807, 2.05) is 30.3 Å². The summed E-state index contributed by atoms with van der Waals surface area (Å²) < 4.78 is 6.05. The summed E-state index contributed by atoms with van der Waals surface area (Å²) in [5.74, 6) is 0. The van der Waals surface area contributed by atoms with Crippen molar-refractivity contribution >= 4 is 12.2 Å². The van der Waals surface area contributed by atoms with E-state index in [1.54, 1.807) is 0 Å². The van der Waals surface area contributed by atoms with Gasteiger partial charge in [0.15, 0.2) is 0 Å². The Hall–Kier alpha value is -1.96. The van der Waals surface area contributed by atoms with E-state index in [0.29, 0.717) is 23.4 Å². The normalized spacial score (nSPS) is 13.6. The fourth-order valence-corrected chi connectivity index (χ4v) is 2.71. The Morgan fingerprint density at radius 1 is 1.26 bits per heavy atom. The summed E-state index contributed by atoms with van der Waals surface area (Å²) in [6.07, 6.45) is 0.810. The summed E-state index contributed by atoms with van der Waals surface area (Å²) in [6.45, 7) is 1.22. The predicted molar refractivity (Wildman–Crippen MR) is 75.1 cm³/mol. The van der Waals surface area contributed by atoms with Crippen molar-refractivity contribution in [3.63, 3.8) is 0 Å². The minimum Gasteiger partial charge on any atom is -0.376 e. The van der Waals surface area contributed by atoms with E-state index in [1.165, 1.54) is 0 Å². The molecule has 0 spiro atoms. The number of benzene rings is 1. The number of aromatic amines is 1. The van der Waals surface area contributed by atoms with E-state index < -0.39 is 0 Å². The Balaban J connectivity index is 2.36. The van der Waals surface area contributed by atoms with Crippen LogP contribution < -0.4 is 0 Å². The first-order valence-electron chi connectivity index (χ1n) is 6.12. The number of aromatic nitrogens is 1. The highest BCUT2D eigenvalue weighted by Gasteiger charge is 2.19. The van der Waals surface area contributed by atoms with E-state index in [-0.39, 0.29) is 0 Å². The summed E-state index contributed by atoms with van der Waals surface area (Å²) in [5.41, 5.74) is 4.62. The number of H-pyrrole nitrogens is 1. The lowest BCUT2D eigenvalue weighted by Crippen LogP contribution is -2.14. The summed E-state index contributed by atoms with van der Waals surface area (Å²) in [5, 5.41) is 9.38. The number of pyridine rings is 1. The molecular formula is C15H12N2OS. The van der Waals surface area contributed by atoms with E-state index in [9.17, 15) is 5.26 Å². The molecule has 0 amide bonds. The smallest absolute Gasteiger partial charge is 0.122 e. The maximum absolute atomic E-state index is 9.38. The highest BCUT2D eigenvalue weighted by Crippen LogP contribution is 2.32. The van der Waals surface area contributed by atoms with Crippen LogP contribution in [0.5, 0.6) is 0 Å². The third-order valence-corrected chi connectivity index (χ3v) is 3.63. The molecule has 0 aliphatic carbocycles. The minimum atomic E-state index is 0.516. The van der Waals surface area contributed by atoms with Crippen molar-refractivity contribution in [1.82, 2.24) is 4.98 Å². The molecule has 1 aliphatic rings. The van der Waals surface area contributed by atoms with Gasteiger partial charge in [0.1, 0.15) is 10.7 Å². The average Bonchev–Trinajstić information content (AvgIpc) is 2.46. The fraction of sp³-hybridized carbons (Fsp3) is 0.200. The van der Waals surface area contributed by atoms with Crippen LogP contribution in [-0.4, -0.2) is 11.6 Å². The number of nitriles is 1. The quantitative estimate of drug-likeness (QED) is 0.807. The second-order valence-electron chi connectivity index (χ2n) is 4.44. The number of fused-ring (bicyclic) bond motifs is 1. The molecule has 1 aliphatic heterocycles. The zero-order valence-corrected chi connectivity index (χ0v) is 11.1. The topological polar surface area (TPSA) is 48.8 Å². The minimum absolute atomic E-state index is 0.516. The van der Waals surface area contributed by atoms with Crippen molar-refractivity contribution in [2.45, 2.75) is 13.0 Å². The van der Waals surface area contributed by atoms with Gasteiger partial charge in [-0.25, -0.2) is 0 Å². The molecule has 4 heteroatoms. The van der Waals surface area contributed by atoms with Gasteiger partial charge in [0.2, 0.25) is 0 Å². The Morgan fingerprint density at radius 3 is 2.79 bits per heavy atom. The van der Waals surface area contributed by atoms with E-state index in [4.69, 9.17) is 17.0 Å². The van der Waals surface area contributed by atoms with Crippen molar-refractivity contribution in [2.75, 3.05) is 6.61 Å². The average molecular weight is 268 g/mol. The summed E-state index contributed by atoms with van der Waals surface area (Å²) >= 11 is 5.31. The van der Waals surface area contributed by atoms with Gasteiger partial charge in [0.05, 0.1) is 18.8 Å². The molecule has 2 aromatic rings. The molecule has 3 nitrogen and oxygen atoms in total. The number of rotatable bonds is 1. The van der Waals surface area contributed by atoms with Gasteiger partial charge in [-0.2, -0.15) is 5.26 Å². The first-order valence-corrected chi connectivity index (χ1v) is 6.53. The largest absolute Gasteiger partial charge is 0.376 e. The molecule has 1 aromatic heterocycles. The van der Waals surface area contributed by atoms with Gasteiger partial charge in [-0.3, -0.25) is 0 Å². The van der Waals surface area contributed by atoms with E-state index in [0.717, 1.165) is 28.8 Å². The lowest BCUT2D eigenvalue weighted by Gasteiger charge is -2.21. The summed E-state index contributed by atoms with van der Waals surface area (Å²) in [4.78, 5) is 3.17. The van der Waals surface area contributed by atoms with Crippen molar-refractivity contribution in [3.05, 3.63) is 51.8 Å². The summed E-state index contributed by atoms with van der Waals surface area (Å²) in [6, 6.07) is 12.1. The van der Waals surface area contributed by atoms with Crippen molar-refractivity contribution in [2.24, 2.45) is 0 Å². The SMILES string of the molecule is N#Cc1c(-c2ccccc2)c2c([nH]c1=S)CCOC2. The molecule has 1 aromatic carbocycles. The second kappa shape index (κ2) is 4.96. The third kappa shape index (κ3) is 2.07. The zero-order valence-electron chi connectivity index (χ0n) is 10.3. The Bertz CT molecular complexity index is 713. The lowest BCUT2D eigenvalue weighted by molar-refractivity contribution is 0.109. The fourth-order valence-electron chi connectivity index (χ4n) is 2.44. The van der Waals surface area contributed by atoms with Crippen LogP contribution in [0.1, 0.15) is 16.8 Å². The van der Waals surface area contributed by atoms with Gasteiger partial charge in [-0.05, 0) is 5.56 Å². The molecule has 0 fully saturated rings. The third-order valence-electron chi connectivity index (χ3n) is 3.32. The van der Waals surface area contributed by atoms with Gasteiger partial charge in [0, 0.05) is 23.2 Å². The maximum atomic E-state index is 9.38. The molecule has 0 bridgehead atoms. The maximum Gasteiger partial charge on any atom is 0.122 e. The van der Waals surface area contributed by atoms with Crippen LogP contribution in [0.4, 0.5) is 0 Å². The first-order chi connectivity index (χ1) is 9.31. The van der Waals surface area contributed by atoms with Crippen LogP contribution in [0.25, 0.3) is 11.1 Å². The van der Waals surface area contributed by atoms with Crippen molar-refractivity contribution in [1.29, 1.82) is 5.26 Å². The van der Waals surface area contributed by atoms with Crippen LogP contribution >= 0.6 is 12.2 Å². The Labute approximate surface area is 116 Å². The molecule has 0 radical (unpaired) electrons. The Morgan fingerprint density at radius 2 is 2.05 bits per heavy atom. The van der Waals surface area contributed by atoms with Gasteiger partial charge >= 0.3 is 0 Å². The highest BCUT2D eigenvalue weighted by molar-refractivity contribution is 7.71. The monoisotopic (exact) mass is 268 g/mol. The Kier molecular flexibility index (Phi) is 3.16. The molecule has 19 heavy (non-hydrogen) atoms. The molecule has 0 atom stereocenters. The zero-order chi connectivity index (χ0) is 13.2. The molecule has 0 unspecified atom stereocenters. The molecular weight excluding hydrogens is 256 g/mol. The van der Waals surface area contributed by atoms with Crippen LogP contribution in [0.3, 0.4) is 0 Å². The summed E-state index contributed by atoms with van der Waals surface area (Å²) in [7, 11) is 0. The van der Waals surface area contributed by atoms with Gasteiger partial charge in [-0.15, -0.1) is 0 Å². The number of nitrogens with one attached hydrogen (secondary N) is 1. The van der Waals surface area contributed by atoms with Crippen LogP contribution in [0.15, 0.2) is 30.3 Å². The second-order valence-corrected chi connectivity index (χ2v) is 4.85. The molecule has 3 rings (SSSR count).